The summed E-state index contributed by atoms with van der Waals surface area (Å²) in [5.74, 6) is -1.44. The predicted molar refractivity (Wildman–Crippen MR) is 260 cm³/mol. The van der Waals surface area contributed by atoms with Gasteiger partial charge in [0.15, 0.2) is 0 Å². The first-order valence-electron chi connectivity index (χ1n) is 24.4. The zero-order valence-corrected chi connectivity index (χ0v) is 38.5. The Balaban J connectivity index is 1.06. The number of rotatable bonds is 30. The van der Waals surface area contributed by atoms with Crippen molar-refractivity contribution in [3.63, 3.8) is 0 Å². The highest BCUT2D eigenvalue weighted by atomic mass is 16.5. The van der Waals surface area contributed by atoms with E-state index in [0.717, 1.165) is 35.5 Å². The topological polar surface area (TPSA) is 137 Å². The summed E-state index contributed by atoms with van der Waals surface area (Å²) in [5, 5.41) is 55.2. The molecule has 0 amide bonds. The molecule has 3 aromatic carbocycles. The van der Waals surface area contributed by atoms with Gasteiger partial charge in [-0.25, -0.2) is 0 Å². The fraction of sp³-hybridized carbons (Fsp3) is 0.482. The summed E-state index contributed by atoms with van der Waals surface area (Å²) < 4.78 is 11.9. The first kappa shape index (κ1) is 49.8. The lowest BCUT2D eigenvalue weighted by atomic mass is 9.69. The number of phenols is 2. The maximum absolute atomic E-state index is 13.3. The molecule has 2 aliphatic carbocycles. The molecule has 0 radical (unpaired) electrons. The number of phenolic OH excluding ortho intramolecular Hbond substituents is 2. The van der Waals surface area contributed by atoms with Crippen LogP contribution in [0.1, 0.15) is 171 Å². The molecule has 3 aromatic rings. The molecule has 2 aliphatic rings. The van der Waals surface area contributed by atoms with E-state index in [1.807, 2.05) is 61.0 Å². The van der Waals surface area contributed by atoms with Gasteiger partial charge in [-0.3, -0.25) is 4.79 Å². The molecule has 0 saturated heterocycles. The minimum atomic E-state index is -1.44. The zero-order valence-electron chi connectivity index (χ0n) is 38.5. The lowest BCUT2D eigenvalue weighted by Gasteiger charge is -2.35. The Morgan fingerprint density at radius 1 is 0.609 bits per heavy atom. The summed E-state index contributed by atoms with van der Waals surface area (Å²) >= 11 is 0. The van der Waals surface area contributed by atoms with Crippen LogP contribution in [0.2, 0.25) is 0 Å². The van der Waals surface area contributed by atoms with Crippen molar-refractivity contribution in [2.45, 2.75) is 155 Å². The van der Waals surface area contributed by atoms with Crippen molar-refractivity contribution in [1.82, 2.24) is 0 Å². The molecule has 2 atom stereocenters. The van der Waals surface area contributed by atoms with Crippen molar-refractivity contribution >= 4 is 23.5 Å². The summed E-state index contributed by atoms with van der Waals surface area (Å²) in [4.78, 5) is 13.3. The number of unbranched alkanes of at least 4 members (excludes halogenated alkanes) is 18. The molecule has 0 heterocycles. The molecule has 0 bridgehead atoms. The number of carbonyl (C=O) groups excluding carboxylic acids is 1. The number of ether oxygens (including phenoxy) is 2. The molecule has 0 aliphatic heterocycles. The van der Waals surface area contributed by atoms with Gasteiger partial charge in [-0.2, -0.15) is 0 Å². The van der Waals surface area contributed by atoms with Crippen LogP contribution in [0.25, 0.3) is 17.7 Å². The van der Waals surface area contributed by atoms with Crippen LogP contribution in [0.4, 0.5) is 0 Å². The summed E-state index contributed by atoms with van der Waals surface area (Å²) in [7, 11) is 0. The van der Waals surface area contributed by atoms with Crippen LogP contribution < -0.4 is 9.47 Å². The maximum atomic E-state index is 13.3. The Morgan fingerprint density at radius 3 is 1.53 bits per heavy atom. The van der Waals surface area contributed by atoms with Crippen molar-refractivity contribution < 1.29 is 39.8 Å². The molecule has 0 fully saturated rings. The highest BCUT2D eigenvalue weighted by Gasteiger charge is 2.52. The Bertz CT molecular complexity index is 1980. The lowest BCUT2D eigenvalue weighted by molar-refractivity contribution is -0.116. The Kier molecular flexibility index (Phi) is 21.2. The van der Waals surface area contributed by atoms with E-state index in [9.17, 15) is 30.3 Å². The summed E-state index contributed by atoms with van der Waals surface area (Å²) in [5.41, 5.74) is 2.56. The molecule has 5 rings (SSSR count). The van der Waals surface area contributed by atoms with E-state index in [1.54, 1.807) is 12.2 Å². The summed E-state index contributed by atoms with van der Waals surface area (Å²) in [6.07, 6.45) is 32.8. The third kappa shape index (κ3) is 15.5. The number of Topliss-reactive ketones (excluding diaryl/α,β-unsaturated/α-hetero) is 1. The van der Waals surface area contributed by atoms with Gasteiger partial charge in [0.05, 0.1) is 25.2 Å². The fourth-order valence-corrected chi connectivity index (χ4v) is 8.59. The number of benzene rings is 3. The fourth-order valence-electron chi connectivity index (χ4n) is 8.59. The second-order valence-electron chi connectivity index (χ2n) is 17.6. The third-order valence-corrected chi connectivity index (χ3v) is 12.4. The normalized spacial score (nSPS) is 17.0. The van der Waals surface area contributed by atoms with E-state index in [4.69, 9.17) is 9.47 Å². The van der Waals surface area contributed by atoms with Crippen molar-refractivity contribution in [1.29, 1.82) is 0 Å². The van der Waals surface area contributed by atoms with Gasteiger partial charge in [-0.1, -0.05) is 154 Å². The second kappa shape index (κ2) is 27.2. The first-order chi connectivity index (χ1) is 31.2. The van der Waals surface area contributed by atoms with Crippen LogP contribution >= 0.6 is 0 Å². The molecule has 64 heavy (non-hydrogen) atoms. The standard InChI is InChI=1S/C56H72O8/c1-3-5-7-9-11-13-15-17-19-21-35-63-45-31-27-41(28-32-45)23-25-43-37-47(57)51(48(58)38-43)53-55(61)54(56(53)62)52-49(59)39-44(40-50(52)60)26-24-42-29-33-46(34-30-42)64-36-22-20-18-16-14-12-10-8-6-4-2/h23-34,37-39,54-55,61H,3-22,35-36,40H2,1-2H3,(H2-2,57,58,59,60,62)/p+2/b25-23+,44-26?. The van der Waals surface area contributed by atoms with Crippen molar-refractivity contribution in [3.8, 4) is 23.0 Å². The monoisotopic (exact) mass is 875 g/mol. The van der Waals surface area contributed by atoms with Gasteiger partial charge >= 0.3 is 0 Å². The van der Waals surface area contributed by atoms with Crippen LogP contribution in [0.3, 0.4) is 0 Å². The zero-order chi connectivity index (χ0) is 45.5. The summed E-state index contributed by atoms with van der Waals surface area (Å²) in [6.45, 7) is 5.88. The smallest absolute Gasteiger partial charge is 0.246 e. The van der Waals surface area contributed by atoms with Gasteiger partial charge in [0.2, 0.25) is 11.5 Å². The van der Waals surface area contributed by atoms with E-state index < -0.39 is 23.6 Å². The second-order valence-corrected chi connectivity index (χ2v) is 17.6. The van der Waals surface area contributed by atoms with Gasteiger partial charge in [0.1, 0.15) is 76.4 Å². The minimum absolute atomic E-state index is 0.0333. The Hall–Kier alpha value is -5.21. The molecule has 2 unspecified atom stereocenters. The van der Waals surface area contributed by atoms with Crippen molar-refractivity contribution in [3.05, 3.63) is 124 Å². The van der Waals surface area contributed by atoms with Crippen LogP contribution in [0.15, 0.2) is 89.4 Å². The Morgan fingerprint density at radius 2 is 1.06 bits per heavy atom. The number of carbonyl (C=O) groups is 1. The van der Waals surface area contributed by atoms with Crippen molar-refractivity contribution in [2.75, 3.05) is 13.2 Å². The quantitative estimate of drug-likeness (QED) is 0.0254. The molecule has 0 spiro atoms. The van der Waals surface area contributed by atoms with Gasteiger partial charge in [0.25, 0.3) is 0 Å². The molecule has 0 aromatic heterocycles. The maximum Gasteiger partial charge on any atom is 0.246 e. The number of aliphatic hydroxyl groups excluding tert-OH is 3. The van der Waals surface area contributed by atoms with Gasteiger partial charge in [-0.05, 0) is 48.2 Å². The average Bonchev–Trinajstić information content (AvgIpc) is 3.29. The third-order valence-electron chi connectivity index (χ3n) is 12.4. The van der Waals surface area contributed by atoms with E-state index in [1.165, 1.54) is 134 Å². The molecule has 5 N–H and O–H groups in total. The lowest BCUT2D eigenvalue weighted by Crippen LogP contribution is -2.40. The van der Waals surface area contributed by atoms with Crippen molar-refractivity contribution in [2.24, 2.45) is 5.92 Å². The first-order valence-corrected chi connectivity index (χ1v) is 24.4. The average molecular weight is 875 g/mol. The molecule has 0 saturated carbocycles. The highest BCUT2D eigenvalue weighted by molar-refractivity contribution is 6.03. The highest BCUT2D eigenvalue weighted by Crippen LogP contribution is 2.51. The SMILES string of the molecule is CCCCCCCCCCCCOc1ccc(/C=C/c2cc(O)c(C3=C(O)C(C4=C(O)[CH+]C(=C[CH+]c5ccc(OCCCCCCCCCCCC)cc5)CC4=O)C3O)c(O)c2)cc1. The molecule has 8 nitrogen and oxygen atoms in total. The Labute approximate surface area is 383 Å². The number of hydrogen-bond donors (Lipinski definition) is 5. The van der Waals surface area contributed by atoms with Crippen LogP contribution in [-0.2, 0) is 4.79 Å². The van der Waals surface area contributed by atoms with E-state index in [-0.39, 0.29) is 40.4 Å². The number of aliphatic hydroxyl groups is 3. The molecular weight excluding hydrogens is 801 g/mol. The molecule has 8 heteroatoms. The molecule has 344 valence electrons. The number of aromatic hydroxyl groups is 2. The van der Waals surface area contributed by atoms with Gasteiger partial charge in [0, 0.05) is 29.8 Å². The number of ketones is 1. The largest absolute Gasteiger partial charge is 0.510 e. The predicted octanol–water partition coefficient (Wildman–Crippen LogP) is 14.3. The van der Waals surface area contributed by atoms with E-state index in [0.29, 0.717) is 24.4 Å². The van der Waals surface area contributed by atoms with Gasteiger partial charge < -0.3 is 35.0 Å². The van der Waals surface area contributed by atoms with Crippen LogP contribution in [-0.4, -0.2) is 50.6 Å². The minimum Gasteiger partial charge on any atom is -0.510 e. The van der Waals surface area contributed by atoms with Crippen LogP contribution in [0, 0.1) is 18.8 Å². The van der Waals surface area contributed by atoms with E-state index >= 15 is 0 Å². The van der Waals surface area contributed by atoms with E-state index in [2.05, 4.69) is 13.8 Å². The molecular formula is C56H74O8+2. The number of allylic oxidation sites excluding steroid dienone is 2. The van der Waals surface area contributed by atoms with Crippen LogP contribution in [0.5, 0.6) is 23.0 Å². The number of hydrogen-bond acceptors (Lipinski definition) is 8. The van der Waals surface area contributed by atoms with Gasteiger partial charge in [-0.15, -0.1) is 0 Å². The summed E-state index contributed by atoms with van der Waals surface area (Å²) in [6, 6.07) is 18.3.